The van der Waals surface area contributed by atoms with Crippen LogP contribution in [0.5, 0.6) is 0 Å². The maximum Gasteiger partial charge on any atom is 0.0408 e. The summed E-state index contributed by atoms with van der Waals surface area (Å²) in [7, 11) is 0.117. The molecule has 1 heterocycles. The van der Waals surface area contributed by atoms with Gasteiger partial charge in [-0.1, -0.05) is 41.7 Å². The van der Waals surface area contributed by atoms with Crippen LogP contribution < -0.4 is 0 Å². The first-order valence-electron chi connectivity index (χ1n) is 9.11. The fourth-order valence-corrected chi connectivity index (χ4v) is 4.40. The van der Waals surface area contributed by atoms with Crippen molar-refractivity contribution >= 4 is 28.0 Å². The molecule has 2 aromatic carbocycles. The van der Waals surface area contributed by atoms with E-state index < -0.39 is 0 Å². The van der Waals surface area contributed by atoms with Gasteiger partial charge in [-0.3, -0.25) is 0 Å². The van der Waals surface area contributed by atoms with Gasteiger partial charge in [0.25, 0.3) is 0 Å². The van der Waals surface area contributed by atoms with Crippen molar-refractivity contribution in [3.8, 4) is 0 Å². The van der Waals surface area contributed by atoms with Crippen molar-refractivity contribution in [1.29, 1.82) is 0 Å². The standard InChI is InChI=1S/C22H28ClNS/c1-25(2)22-10-8-18(9-11-22)6-7-20-13-15-24(17-20)14-12-19-4-3-5-21(23)16-19/h3-5,8-11,16,20H,1,6-7,12-15,17H2,2H3. The van der Waals surface area contributed by atoms with Crippen LogP contribution in [0, 0.1) is 5.92 Å². The SMILES string of the molecule is C=S(C)c1ccc(CCC2CCN(CCc3cccc(Cl)c3)C2)cc1. The van der Waals surface area contributed by atoms with Crippen LogP contribution in [0.1, 0.15) is 24.0 Å². The van der Waals surface area contributed by atoms with E-state index >= 15 is 0 Å². The van der Waals surface area contributed by atoms with Crippen LogP contribution in [0.15, 0.2) is 53.4 Å². The number of hydrogen-bond acceptors (Lipinski definition) is 1. The van der Waals surface area contributed by atoms with Gasteiger partial charge in [0.2, 0.25) is 0 Å². The number of aryl methyl sites for hydroxylation is 1. The number of nitrogens with zero attached hydrogens (tertiary/aromatic N) is 1. The molecule has 25 heavy (non-hydrogen) atoms. The Balaban J connectivity index is 1.41. The van der Waals surface area contributed by atoms with E-state index in [-0.39, 0.29) is 10.5 Å². The van der Waals surface area contributed by atoms with E-state index in [4.69, 9.17) is 11.6 Å². The van der Waals surface area contributed by atoms with Crippen molar-refractivity contribution in [1.82, 2.24) is 4.90 Å². The van der Waals surface area contributed by atoms with Gasteiger partial charge in [-0.25, -0.2) is 0 Å². The quantitative estimate of drug-likeness (QED) is 0.577. The van der Waals surface area contributed by atoms with E-state index in [0.717, 1.165) is 23.9 Å². The third-order valence-corrected chi connectivity index (χ3v) is 6.45. The summed E-state index contributed by atoms with van der Waals surface area (Å²) in [5, 5.41) is 0.844. The maximum absolute atomic E-state index is 6.07. The molecule has 0 aliphatic carbocycles. The summed E-state index contributed by atoms with van der Waals surface area (Å²) in [6.07, 6.45) is 7.10. The normalized spacial score (nSPS) is 19.2. The van der Waals surface area contributed by atoms with Crippen molar-refractivity contribution < 1.29 is 0 Å². The highest BCUT2D eigenvalue weighted by Gasteiger charge is 2.21. The molecule has 1 nitrogen and oxygen atoms in total. The van der Waals surface area contributed by atoms with Crippen molar-refractivity contribution in [3.63, 3.8) is 0 Å². The van der Waals surface area contributed by atoms with E-state index in [1.807, 2.05) is 12.1 Å². The molecule has 0 aromatic heterocycles. The van der Waals surface area contributed by atoms with Gasteiger partial charge < -0.3 is 4.90 Å². The molecule has 1 fully saturated rings. The van der Waals surface area contributed by atoms with Gasteiger partial charge in [0.05, 0.1) is 0 Å². The van der Waals surface area contributed by atoms with Crippen LogP contribution in [0.25, 0.3) is 0 Å². The molecule has 2 unspecified atom stereocenters. The summed E-state index contributed by atoms with van der Waals surface area (Å²) >= 11 is 6.07. The first-order chi connectivity index (χ1) is 12.1. The second-order valence-corrected chi connectivity index (χ2v) is 9.34. The number of rotatable bonds is 7. The topological polar surface area (TPSA) is 3.24 Å². The molecule has 0 spiro atoms. The lowest BCUT2D eigenvalue weighted by Gasteiger charge is -2.16. The van der Waals surface area contributed by atoms with Gasteiger partial charge >= 0.3 is 0 Å². The van der Waals surface area contributed by atoms with Gasteiger partial charge in [0.1, 0.15) is 0 Å². The van der Waals surface area contributed by atoms with Gasteiger partial charge in [0, 0.05) is 23.0 Å². The average molecular weight is 374 g/mol. The van der Waals surface area contributed by atoms with Crippen LogP contribution in [-0.4, -0.2) is 36.7 Å². The largest absolute Gasteiger partial charge is 0.303 e. The van der Waals surface area contributed by atoms with E-state index in [0.29, 0.717) is 0 Å². The minimum atomic E-state index is 0.117. The van der Waals surface area contributed by atoms with Crippen molar-refractivity contribution in [3.05, 3.63) is 64.7 Å². The molecule has 2 aromatic rings. The van der Waals surface area contributed by atoms with E-state index in [1.165, 1.54) is 48.4 Å². The molecule has 134 valence electrons. The van der Waals surface area contributed by atoms with Gasteiger partial charge in [-0.05, 0) is 79.8 Å². The highest BCUT2D eigenvalue weighted by molar-refractivity contribution is 8.13. The predicted octanol–water partition coefficient (Wildman–Crippen LogP) is 5.53. The second-order valence-electron chi connectivity index (χ2n) is 7.15. The Bertz CT molecular complexity index is 710. The molecular weight excluding hydrogens is 346 g/mol. The summed E-state index contributed by atoms with van der Waals surface area (Å²) in [6.45, 7) is 3.63. The summed E-state index contributed by atoms with van der Waals surface area (Å²) in [4.78, 5) is 3.97. The van der Waals surface area contributed by atoms with Crippen LogP contribution in [-0.2, 0) is 12.8 Å². The smallest absolute Gasteiger partial charge is 0.0408 e. The molecular formula is C22H28ClNS. The van der Waals surface area contributed by atoms with E-state index in [1.54, 1.807) is 0 Å². The molecule has 2 atom stereocenters. The molecule has 0 radical (unpaired) electrons. The molecule has 3 heteroatoms. The minimum Gasteiger partial charge on any atom is -0.303 e. The molecule has 3 rings (SSSR count). The summed E-state index contributed by atoms with van der Waals surface area (Å²) in [5.74, 6) is 4.96. The molecule has 0 saturated carbocycles. The fraction of sp³-hybridized carbons (Fsp3) is 0.409. The summed E-state index contributed by atoms with van der Waals surface area (Å²) in [6, 6.07) is 17.3. The fourth-order valence-electron chi connectivity index (χ4n) is 3.59. The Kier molecular flexibility index (Phi) is 6.75. The first-order valence-corrected chi connectivity index (χ1v) is 11.3. The molecule has 0 N–H and O–H groups in total. The Labute approximate surface area is 159 Å². The monoisotopic (exact) mass is 373 g/mol. The lowest BCUT2D eigenvalue weighted by Crippen LogP contribution is -2.23. The van der Waals surface area contributed by atoms with E-state index in [2.05, 4.69) is 53.4 Å². The lowest BCUT2D eigenvalue weighted by molar-refractivity contribution is 0.325. The van der Waals surface area contributed by atoms with Crippen molar-refractivity contribution in [2.45, 2.75) is 30.6 Å². The molecule has 0 bridgehead atoms. The number of hydrogen-bond donors (Lipinski definition) is 0. The first kappa shape index (κ1) is 18.7. The number of halogens is 1. The van der Waals surface area contributed by atoms with Crippen molar-refractivity contribution in [2.75, 3.05) is 25.9 Å². The Morgan fingerprint density at radius 2 is 1.92 bits per heavy atom. The van der Waals surface area contributed by atoms with Gasteiger partial charge in [0.15, 0.2) is 0 Å². The summed E-state index contributed by atoms with van der Waals surface area (Å²) in [5.41, 5.74) is 2.81. The highest BCUT2D eigenvalue weighted by Crippen LogP contribution is 2.24. The number of likely N-dealkylation sites (tertiary alicyclic amines) is 1. The molecule has 0 amide bonds. The van der Waals surface area contributed by atoms with Gasteiger partial charge in [-0.15, -0.1) is 0 Å². The number of benzene rings is 2. The third-order valence-electron chi connectivity index (χ3n) is 5.14. The second kappa shape index (κ2) is 9.02. The lowest BCUT2D eigenvalue weighted by atomic mass is 9.99. The Hall–Kier alpha value is -1.09. The van der Waals surface area contributed by atoms with Crippen molar-refractivity contribution in [2.24, 2.45) is 5.92 Å². The maximum atomic E-state index is 6.07. The summed E-state index contributed by atoms with van der Waals surface area (Å²) < 4.78 is 0. The zero-order valence-electron chi connectivity index (χ0n) is 15.1. The Morgan fingerprint density at radius 3 is 2.64 bits per heavy atom. The zero-order chi connectivity index (χ0) is 17.6. The van der Waals surface area contributed by atoms with Crippen LogP contribution >= 0.6 is 22.1 Å². The average Bonchev–Trinajstić information content (AvgIpc) is 3.06. The molecule has 1 saturated heterocycles. The highest BCUT2D eigenvalue weighted by atomic mass is 35.5. The molecule has 1 aliphatic heterocycles. The third kappa shape index (κ3) is 5.70. The predicted molar refractivity (Wildman–Crippen MR) is 113 cm³/mol. The van der Waals surface area contributed by atoms with Crippen LogP contribution in [0.3, 0.4) is 0 Å². The van der Waals surface area contributed by atoms with Gasteiger partial charge in [-0.2, -0.15) is 10.5 Å². The minimum absolute atomic E-state index is 0.117. The van der Waals surface area contributed by atoms with Crippen LogP contribution in [0.4, 0.5) is 0 Å². The molecule has 1 aliphatic rings. The van der Waals surface area contributed by atoms with E-state index in [9.17, 15) is 0 Å². The van der Waals surface area contributed by atoms with Crippen LogP contribution in [0.2, 0.25) is 5.02 Å². The zero-order valence-corrected chi connectivity index (χ0v) is 16.7. The Morgan fingerprint density at radius 1 is 1.12 bits per heavy atom.